The van der Waals surface area contributed by atoms with Crippen LogP contribution in [0.5, 0.6) is 0 Å². The topological polar surface area (TPSA) is 54.0 Å². The molecule has 0 saturated heterocycles. The predicted molar refractivity (Wildman–Crippen MR) is 59.5 cm³/mol. The summed E-state index contributed by atoms with van der Waals surface area (Å²) in [6, 6.07) is 1.70. The van der Waals surface area contributed by atoms with Gasteiger partial charge >= 0.3 is 0 Å². The van der Waals surface area contributed by atoms with Gasteiger partial charge in [-0.05, 0) is 29.0 Å². The predicted octanol–water partition coefficient (Wildman–Crippen LogP) is 1.66. The number of hydrogen-bond donors (Lipinski definition) is 2. The van der Waals surface area contributed by atoms with E-state index in [1.54, 1.807) is 13.1 Å². The second kappa shape index (κ2) is 5.29. The number of rotatable bonds is 3. The van der Waals surface area contributed by atoms with Crippen molar-refractivity contribution in [2.45, 2.75) is 0 Å². The number of hydrogen-bond acceptors (Lipinski definition) is 3. The molecular formula is C8H9BrClN3O. The fourth-order valence-electron chi connectivity index (χ4n) is 0.855. The smallest absolute Gasteiger partial charge is 0.238 e. The number of carbonyl (C=O) groups excluding carboxylic acids is 1. The summed E-state index contributed by atoms with van der Waals surface area (Å²) in [6.45, 7) is 0.264. The van der Waals surface area contributed by atoms with E-state index in [9.17, 15) is 4.79 Å². The van der Waals surface area contributed by atoms with E-state index < -0.39 is 0 Å². The van der Waals surface area contributed by atoms with E-state index in [1.165, 1.54) is 6.20 Å². The fourth-order valence-corrected chi connectivity index (χ4v) is 1.31. The molecule has 0 aromatic carbocycles. The minimum Gasteiger partial charge on any atom is -0.324 e. The first-order valence-corrected chi connectivity index (χ1v) is 5.06. The molecule has 1 aromatic rings. The van der Waals surface area contributed by atoms with Gasteiger partial charge in [0.1, 0.15) is 5.15 Å². The van der Waals surface area contributed by atoms with Crippen molar-refractivity contribution in [2.75, 3.05) is 18.9 Å². The Balaban J connectivity index is 2.68. The van der Waals surface area contributed by atoms with Crippen LogP contribution in [0.3, 0.4) is 0 Å². The van der Waals surface area contributed by atoms with Gasteiger partial charge in [-0.3, -0.25) is 4.79 Å². The number of amides is 1. The average molecular weight is 279 g/mol. The van der Waals surface area contributed by atoms with Gasteiger partial charge in [-0.25, -0.2) is 4.98 Å². The quantitative estimate of drug-likeness (QED) is 0.827. The zero-order valence-corrected chi connectivity index (χ0v) is 9.82. The number of likely N-dealkylation sites (N-methyl/N-ethyl adjacent to an activating group) is 1. The van der Waals surface area contributed by atoms with Gasteiger partial charge in [-0.15, -0.1) is 0 Å². The molecule has 0 fully saturated rings. The molecule has 1 rings (SSSR count). The number of carbonyl (C=O) groups is 1. The van der Waals surface area contributed by atoms with Crippen molar-refractivity contribution in [3.05, 3.63) is 21.9 Å². The molecule has 0 aliphatic carbocycles. The molecule has 1 aromatic heterocycles. The summed E-state index contributed by atoms with van der Waals surface area (Å²) >= 11 is 8.91. The van der Waals surface area contributed by atoms with Gasteiger partial charge in [-0.2, -0.15) is 0 Å². The molecule has 4 nitrogen and oxygen atoms in total. The number of halogens is 2. The van der Waals surface area contributed by atoms with E-state index in [2.05, 4.69) is 31.5 Å². The van der Waals surface area contributed by atoms with Crippen molar-refractivity contribution in [1.29, 1.82) is 0 Å². The zero-order chi connectivity index (χ0) is 10.6. The minimum absolute atomic E-state index is 0.122. The highest BCUT2D eigenvalue weighted by atomic mass is 79.9. The Labute approximate surface area is 95.2 Å². The lowest BCUT2D eigenvalue weighted by atomic mass is 10.4. The van der Waals surface area contributed by atoms with Crippen LogP contribution in [0.25, 0.3) is 0 Å². The summed E-state index contributed by atoms with van der Waals surface area (Å²) in [5, 5.41) is 5.77. The third-order valence-corrected chi connectivity index (χ3v) is 2.55. The minimum atomic E-state index is -0.122. The number of nitrogens with zero attached hydrogens (tertiary/aromatic N) is 1. The van der Waals surface area contributed by atoms with E-state index in [-0.39, 0.29) is 12.5 Å². The van der Waals surface area contributed by atoms with Crippen molar-refractivity contribution < 1.29 is 4.79 Å². The van der Waals surface area contributed by atoms with Crippen molar-refractivity contribution in [1.82, 2.24) is 10.3 Å². The molecule has 1 heterocycles. The standard InChI is InChI=1S/C8H9BrClN3O/c1-11-4-7(14)13-5-2-6(9)8(10)12-3-5/h2-3,11H,4H2,1H3,(H,13,14). The van der Waals surface area contributed by atoms with Gasteiger partial charge in [0.05, 0.1) is 22.9 Å². The molecule has 0 bridgehead atoms. The third kappa shape index (κ3) is 3.25. The molecule has 1 amide bonds. The number of anilines is 1. The maximum absolute atomic E-state index is 11.2. The SMILES string of the molecule is CNCC(=O)Nc1cnc(Cl)c(Br)c1. The first-order valence-electron chi connectivity index (χ1n) is 3.89. The van der Waals surface area contributed by atoms with E-state index in [1.807, 2.05) is 0 Å². The van der Waals surface area contributed by atoms with E-state index in [0.29, 0.717) is 15.3 Å². The second-order valence-electron chi connectivity index (χ2n) is 2.58. The molecule has 0 saturated carbocycles. The molecular weight excluding hydrogens is 269 g/mol. The van der Waals surface area contributed by atoms with Crippen LogP contribution in [0.1, 0.15) is 0 Å². The summed E-state index contributed by atoms with van der Waals surface area (Å²) in [5.41, 5.74) is 0.613. The second-order valence-corrected chi connectivity index (χ2v) is 3.79. The Morgan fingerprint density at radius 1 is 1.71 bits per heavy atom. The molecule has 14 heavy (non-hydrogen) atoms. The molecule has 0 radical (unpaired) electrons. The van der Waals surface area contributed by atoms with E-state index >= 15 is 0 Å². The lowest BCUT2D eigenvalue weighted by Gasteiger charge is -2.04. The number of nitrogens with one attached hydrogen (secondary N) is 2. The highest BCUT2D eigenvalue weighted by molar-refractivity contribution is 9.10. The highest BCUT2D eigenvalue weighted by Gasteiger charge is 2.03. The molecule has 6 heteroatoms. The average Bonchev–Trinajstić information content (AvgIpc) is 2.12. The summed E-state index contributed by atoms with van der Waals surface area (Å²) in [4.78, 5) is 15.0. The summed E-state index contributed by atoms with van der Waals surface area (Å²) in [5.74, 6) is -0.122. The largest absolute Gasteiger partial charge is 0.324 e. The Morgan fingerprint density at radius 3 is 3.00 bits per heavy atom. The van der Waals surface area contributed by atoms with Crippen LogP contribution in [0.15, 0.2) is 16.7 Å². The summed E-state index contributed by atoms with van der Waals surface area (Å²) in [6.07, 6.45) is 1.50. The van der Waals surface area contributed by atoms with Crippen molar-refractivity contribution >= 4 is 39.1 Å². The molecule has 0 atom stereocenters. The fraction of sp³-hybridized carbons (Fsp3) is 0.250. The Bertz CT molecular complexity index is 345. The molecule has 0 aliphatic heterocycles. The molecule has 2 N–H and O–H groups in total. The maximum atomic E-state index is 11.2. The van der Waals surface area contributed by atoms with E-state index in [0.717, 1.165) is 0 Å². The van der Waals surface area contributed by atoms with Crippen LogP contribution < -0.4 is 10.6 Å². The molecule has 76 valence electrons. The number of pyridine rings is 1. The maximum Gasteiger partial charge on any atom is 0.238 e. The van der Waals surface area contributed by atoms with Crippen LogP contribution >= 0.6 is 27.5 Å². The lowest BCUT2D eigenvalue weighted by molar-refractivity contribution is -0.115. The highest BCUT2D eigenvalue weighted by Crippen LogP contribution is 2.22. The summed E-state index contributed by atoms with van der Waals surface area (Å²) < 4.78 is 0.654. The van der Waals surface area contributed by atoms with Crippen molar-refractivity contribution in [2.24, 2.45) is 0 Å². The third-order valence-electron chi connectivity index (χ3n) is 1.42. The Morgan fingerprint density at radius 2 is 2.43 bits per heavy atom. The van der Waals surface area contributed by atoms with Crippen LogP contribution in [0.4, 0.5) is 5.69 Å². The van der Waals surface area contributed by atoms with Crippen LogP contribution in [-0.2, 0) is 4.79 Å². The molecule has 0 unspecified atom stereocenters. The Hall–Kier alpha value is -0.650. The molecule has 0 spiro atoms. The first kappa shape index (κ1) is 11.4. The van der Waals surface area contributed by atoms with Crippen LogP contribution in [0, 0.1) is 0 Å². The van der Waals surface area contributed by atoms with Gasteiger partial charge in [-0.1, -0.05) is 11.6 Å². The van der Waals surface area contributed by atoms with Gasteiger partial charge < -0.3 is 10.6 Å². The van der Waals surface area contributed by atoms with Gasteiger partial charge in [0, 0.05) is 0 Å². The molecule has 0 aliphatic rings. The lowest BCUT2D eigenvalue weighted by Crippen LogP contribution is -2.25. The van der Waals surface area contributed by atoms with Crippen LogP contribution in [0.2, 0.25) is 5.15 Å². The van der Waals surface area contributed by atoms with Gasteiger partial charge in [0.25, 0.3) is 0 Å². The normalized spacial score (nSPS) is 9.93. The van der Waals surface area contributed by atoms with Gasteiger partial charge in [0.15, 0.2) is 0 Å². The van der Waals surface area contributed by atoms with Crippen molar-refractivity contribution in [3.8, 4) is 0 Å². The zero-order valence-electron chi connectivity index (χ0n) is 7.47. The van der Waals surface area contributed by atoms with E-state index in [4.69, 9.17) is 11.6 Å². The monoisotopic (exact) mass is 277 g/mol. The van der Waals surface area contributed by atoms with Crippen LogP contribution in [-0.4, -0.2) is 24.5 Å². The summed E-state index contributed by atoms with van der Waals surface area (Å²) in [7, 11) is 1.70. The first-order chi connectivity index (χ1) is 6.63. The number of aromatic nitrogens is 1. The van der Waals surface area contributed by atoms with Crippen molar-refractivity contribution in [3.63, 3.8) is 0 Å². The Kier molecular flexibility index (Phi) is 4.31. The van der Waals surface area contributed by atoms with Gasteiger partial charge in [0.2, 0.25) is 5.91 Å².